The molecule has 1 fully saturated rings. The molecule has 0 radical (unpaired) electrons. The number of hydrogen-bond acceptors (Lipinski definition) is 5. The van der Waals surface area contributed by atoms with Crippen LogP contribution in [-0.2, 0) is 6.54 Å². The Morgan fingerprint density at radius 2 is 1.92 bits per heavy atom. The Labute approximate surface area is 156 Å². The summed E-state index contributed by atoms with van der Waals surface area (Å²) in [5.74, 6) is 2.17. The standard InChI is InChI=1S/C19H34N4O3/c1-5-19(25,6-2)13-21-18(24)20-11-16-7-9-23(10-8-16)12-17-22-14(3)15(4)26-17/h16,25H,5-13H2,1-4H3,(H2,20,21,24). The number of urea groups is 1. The van der Waals surface area contributed by atoms with Crippen LogP contribution in [0, 0.1) is 19.8 Å². The first-order valence-electron chi connectivity index (χ1n) is 9.74. The van der Waals surface area contributed by atoms with Crippen molar-refractivity contribution in [2.45, 2.75) is 65.5 Å². The van der Waals surface area contributed by atoms with Crippen LogP contribution in [-0.4, -0.2) is 52.8 Å². The molecule has 1 aliphatic rings. The fourth-order valence-corrected chi connectivity index (χ4v) is 3.19. The van der Waals surface area contributed by atoms with Crippen molar-refractivity contribution in [1.82, 2.24) is 20.5 Å². The number of amides is 2. The molecule has 0 spiro atoms. The SMILES string of the molecule is CCC(O)(CC)CNC(=O)NCC1CCN(Cc2nc(C)c(C)o2)CC1. The molecule has 0 aromatic carbocycles. The van der Waals surface area contributed by atoms with Gasteiger partial charge >= 0.3 is 6.03 Å². The normalized spacial score (nSPS) is 16.7. The molecule has 0 bridgehead atoms. The lowest BCUT2D eigenvalue weighted by molar-refractivity contribution is 0.0349. The van der Waals surface area contributed by atoms with E-state index in [1.807, 2.05) is 27.7 Å². The topological polar surface area (TPSA) is 90.6 Å². The van der Waals surface area contributed by atoms with Gasteiger partial charge in [-0.3, -0.25) is 4.90 Å². The predicted molar refractivity (Wildman–Crippen MR) is 101 cm³/mol. The Morgan fingerprint density at radius 1 is 1.27 bits per heavy atom. The van der Waals surface area contributed by atoms with E-state index in [0.717, 1.165) is 49.8 Å². The van der Waals surface area contributed by atoms with E-state index in [1.165, 1.54) is 0 Å². The van der Waals surface area contributed by atoms with Crippen molar-refractivity contribution in [3.05, 3.63) is 17.3 Å². The van der Waals surface area contributed by atoms with Crippen molar-refractivity contribution in [1.29, 1.82) is 0 Å². The number of nitrogens with one attached hydrogen (secondary N) is 2. The molecule has 0 saturated carbocycles. The van der Waals surface area contributed by atoms with Gasteiger partial charge in [-0.25, -0.2) is 9.78 Å². The summed E-state index contributed by atoms with van der Waals surface area (Å²) in [7, 11) is 0. The zero-order valence-corrected chi connectivity index (χ0v) is 16.6. The molecule has 1 aliphatic heterocycles. The molecule has 0 unspecified atom stereocenters. The summed E-state index contributed by atoms with van der Waals surface area (Å²) in [4.78, 5) is 18.7. The summed E-state index contributed by atoms with van der Waals surface area (Å²) in [5, 5.41) is 15.9. The van der Waals surface area contributed by atoms with Gasteiger partial charge in [-0.1, -0.05) is 13.8 Å². The molecule has 3 N–H and O–H groups in total. The number of piperidine rings is 1. The molecule has 1 aromatic rings. The van der Waals surface area contributed by atoms with Crippen LogP contribution in [0.25, 0.3) is 0 Å². The van der Waals surface area contributed by atoms with Crippen molar-refractivity contribution in [3.63, 3.8) is 0 Å². The molecule has 26 heavy (non-hydrogen) atoms. The molecule has 7 heteroatoms. The number of carbonyl (C=O) groups excluding carboxylic acids is 1. The van der Waals surface area contributed by atoms with Gasteiger partial charge in [0.05, 0.1) is 17.8 Å². The average Bonchev–Trinajstić information content (AvgIpc) is 2.96. The average molecular weight is 367 g/mol. The van der Waals surface area contributed by atoms with Crippen molar-refractivity contribution in [2.24, 2.45) is 5.92 Å². The van der Waals surface area contributed by atoms with Gasteiger partial charge in [0.2, 0.25) is 5.89 Å². The van der Waals surface area contributed by atoms with E-state index in [2.05, 4.69) is 20.5 Å². The van der Waals surface area contributed by atoms with Crippen LogP contribution >= 0.6 is 0 Å². The van der Waals surface area contributed by atoms with Gasteiger partial charge in [0, 0.05) is 13.1 Å². The summed E-state index contributed by atoms with van der Waals surface area (Å²) in [6.45, 7) is 11.5. The summed E-state index contributed by atoms with van der Waals surface area (Å²) in [6.07, 6.45) is 3.36. The Morgan fingerprint density at radius 3 is 2.46 bits per heavy atom. The van der Waals surface area contributed by atoms with Crippen LogP contribution in [0.1, 0.15) is 56.9 Å². The van der Waals surface area contributed by atoms with Gasteiger partial charge in [-0.15, -0.1) is 0 Å². The third kappa shape index (κ3) is 5.99. The van der Waals surface area contributed by atoms with Crippen molar-refractivity contribution in [2.75, 3.05) is 26.2 Å². The maximum atomic E-state index is 11.9. The van der Waals surface area contributed by atoms with Crippen LogP contribution in [0.4, 0.5) is 4.79 Å². The molecule has 0 atom stereocenters. The summed E-state index contributed by atoms with van der Waals surface area (Å²) >= 11 is 0. The second-order valence-electron chi connectivity index (χ2n) is 7.46. The molecule has 2 rings (SSSR count). The van der Waals surface area contributed by atoms with Crippen molar-refractivity contribution >= 4 is 6.03 Å². The molecule has 1 aromatic heterocycles. The molecule has 7 nitrogen and oxygen atoms in total. The Bertz CT molecular complexity index is 556. The zero-order chi connectivity index (χ0) is 19.2. The molecule has 1 saturated heterocycles. The highest BCUT2D eigenvalue weighted by Gasteiger charge is 2.24. The van der Waals surface area contributed by atoms with Gasteiger partial charge in [-0.05, 0) is 58.5 Å². The highest BCUT2D eigenvalue weighted by atomic mass is 16.4. The van der Waals surface area contributed by atoms with E-state index in [9.17, 15) is 9.90 Å². The van der Waals surface area contributed by atoms with Gasteiger partial charge in [0.25, 0.3) is 0 Å². The van der Waals surface area contributed by atoms with E-state index in [0.29, 0.717) is 31.8 Å². The van der Waals surface area contributed by atoms with E-state index < -0.39 is 5.60 Å². The second kappa shape index (κ2) is 9.37. The van der Waals surface area contributed by atoms with Crippen molar-refractivity contribution in [3.8, 4) is 0 Å². The molecule has 148 valence electrons. The summed E-state index contributed by atoms with van der Waals surface area (Å²) in [6, 6.07) is -0.196. The number of carbonyl (C=O) groups is 1. The highest BCUT2D eigenvalue weighted by molar-refractivity contribution is 5.73. The number of hydrogen-bond donors (Lipinski definition) is 3. The van der Waals surface area contributed by atoms with Gasteiger partial charge in [-0.2, -0.15) is 0 Å². The Kier molecular flexibility index (Phi) is 7.46. The number of nitrogens with zero attached hydrogens (tertiary/aromatic N) is 2. The number of rotatable bonds is 8. The monoisotopic (exact) mass is 366 g/mol. The van der Waals surface area contributed by atoms with E-state index >= 15 is 0 Å². The summed E-state index contributed by atoms with van der Waals surface area (Å²) in [5.41, 5.74) is 0.155. The molecule has 0 aliphatic carbocycles. The van der Waals surface area contributed by atoms with Crippen LogP contribution in [0.2, 0.25) is 0 Å². The minimum atomic E-state index is -0.806. The highest BCUT2D eigenvalue weighted by Crippen LogP contribution is 2.19. The predicted octanol–water partition coefficient (Wildman–Crippen LogP) is 2.35. The van der Waals surface area contributed by atoms with Gasteiger partial charge in [0.1, 0.15) is 5.76 Å². The fraction of sp³-hybridized carbons (Fsp3) is 0.789. The number of oxazole rings is 1. The smallest absolute Gasteiger partial charge is 0.314 e. The fourth-order valence-electron chi connectivity index (χ4n) is 3.19. The van der Waals surface area contributed by atoms with Gasteiger partial charge < -0.3 is 20.2 Å². The maximum absolute atomic E-state index is 11.9. The molecule has 2 amide bonds. The van der Waals surface area contributed by atoms with E-state index in [-0.39, 0.29) is 6.03 Å². The molecular formula is C19H34N4O3. The maximum Gasteiger partial charge on any atom is 0.314 e. The first-order chi connectivity index (χ1) is 12.3. The first-order valence-corrected chi connectivity index (χ1v) is 9.74. The number of aryl methyl sites for hydroxylation is 2. The van der Waals surface area contributed by atoms with Crippen LogP contribution in [0.3, 0.4) is 0 Å². The largest absolute Gasteiger partial charge is 0.444 e. The lowest BCUT2D eigenvalue weighted by Crippen LogP contribution is -2.47. The zero-order valence-electron chi connectivity index (χ0n) is 16.6. The molecule has 2 heterocycles. The second-order valence-corrected chi connectivity index (χ2v) is 7.46. The van der Waals surface area contributed by atoms with Crippen LogP contribution in [0.5, 0.6) is 0 Å². The van der Waals surface area contributed by atoms with E-state index in [1.54, 1.807) is 0 Å². The van der Waals surface area contributed by atoms with E-state index in [4.69, 9.17) is 4.42 Å². The Hall–Kier alpha value is -1.60. The molecular weight excluding hydrogens is 332 g/mol. The third-order valence-electron chi connectivity index (χ3n) is 5.58. The number of likely N-dealkylation sites (tertiary alicyclic amines) is 1. The van der Waals surface area contributed by atoms with Crippen LogP contribution in [0.15, 0.2) is 4.42 Å². The minimum absolute atomic E-state index is 0.196. The lowest BCUT2D eigenvalue weighted by atomic mass is 9.97. The van der Waals surface area contributed by atoms with Crippen molar-refractivity contribution < 1.29 is 14.3 Å². The lowest BCUT2D eigenvalue weighted by Gasteiger charge is -2.31. The van der Waals surface area contributed by atoms with Crippen LogP contribution < -0.4 is 10.6 Å². The number of aliphatic hydroxyl groups is 1. The Balaban J connectivity index is 1.64. The quantitative estimate of drug-likeness (QED) is 0.657. The third-order valence-corrected chi connectivity index (χ3v) is 5.58. The summed E-state index contributed by atoms with van der Waals surface area (Å²) < 4.78 is 5.66. The minimum Gasteiger partial charge on any atom is -0.444 e. The number of aromatic nitrogens is 1. The van der Waals surface area contributed by atoms with Gasteiger partial charge in [0.15, 0.2) is 0 Å². The first kappa shape index (κ1) is 20.7.